The van der Waals surface area contributed by atoms with Crippen molar-refractivity contribution in [1.29, 1.82) is 0 Å². The Morgan fingerprint density at radius 2 is 2.12 bits per heavy atom. The second-order valence-electron chi connectivity index (χ2n) is 3.74. The van der Waals surface area contributed by atoms with Crippen LogP contribution >= 0.6 is 0 Å². The first-order valence-corrected chi connectivity index (χ1v) is 5.45. The number of aromatic nitrogens is 1. The molecule has 1 aromatic heterocycles. The van der Waals surface area contributed by atoms with Gasteiger partial charge in [-0.15, -0.1) is 0 Å². The summed E-state index contributed by atoms with van der Waals surface area (Å²) in [6.45, 7) is 0. The highest BCUT2D eigenvalue weighted by Gasteiger charge is 1.98. The van der Waals surface area contributed by atoms with Crippen molar-refractivity contribution in [3.05, 3.63) is 71.7 Å². The van der Waals surface area contributed by atoms with E-state index in [9.17, 15) is 0 Å². The van der Waals surface area contributed by atoms with Gasteiger partial charge in [0.25, 0.3) is 0 Å². The standard InChI is InChI=1S/C15H10N2/c1-2-9-14(8-1)17-11-13-6-3-5-12-7-4-10-16-15(12)13/h1-8,10-11H. The van der Waals surface area contributed by atoms with Crippen LogP contribution in [0.15, 0.2) is 71.2 Å². The number of allylic oxidation sites excluding steroid dienone is 2. The number of aliphatic imine (C=N–C) groups is 1. The normalized spacial score (nSPS) is 13.8. The minimum atomic E-state index is 0.845. The highest BCUT2D eigenvalue weighted by Crippen LogP contribution is 2.14. The molecule has 1 heterocycles. The molecule has 0 saturated heterocycles. The number of hydrogen-bond acceptors (Lipinski definition) is 2. The summed E-state index contributed by atoms with van der Waals surface area (Å²) < 4.78 is 0. The van der Waals surface area contributed by atoms with E-state index in [-0.39, 0.29) is 0 Å². The first kappa shape index (κ1) is 9.76. The topological polar surface area (TPSA) is 25.2 Å². The van der Waals surface area contributed by atoms with Crippen molar-refractivity contribution < 1.29 is 0 Å². The Hall–Kier alpha value is -2.44. The fourth-order valence-electron chi connectivity index (χ4n) is 1.77. The zero-order chi connectivity index (χ0) is 11.5. The summed E-state index contributed by atoms with van der Waals surface area (Å²) in [5.74, 6) is 0. The summed E-state index contributed by atoms with van der Waals surface area (Å²) in [6.07, 6.45) is 9.34. The van der Waals surface area contributed by atoms with Crippen LogP contribution < -0.4 is 0 Å². The molecule has 1 aliphatic carbocycles. The molecule has 17 heavy (non-hydrogen) atoms. The second-order valence-corrected chi connectivity index (χ2v) is 3.74. The van der Waals surface area contributed by atoms with E-state index < -0.39 is 0 Å². The van der Waals surface area contributed by atoms with Gasteiger partial charge in [-0.3, -0.25) is 4.98 Å². The molecule has 2 heteroatoms. The lowest BCUT2D eigenvalue weighted by Gasteiger charge is -1.99. The van der Waals surface area contributed by atoms with Crippen molar-refractivity contribution >= 4 is 17.1 Å². The van der Waals surface area contributed by atoms with E-state index in [4.69, 9.17) is 0 Å². The van der Waals surface area contributed by atoms with Crippen LogP contribution in [0, 0.1) is 0 Å². The molecule has 0 saturated carbocycles. The highest BCUT2D eigenvalue weighted by molar-refractivity contribution is 5.97. The summed E-state index contributed by atoms with van der Waals surface area (Å²) in [7, 11) is 0. The molecule has 1 aromatic carbocycles. The maximum absolute atomic E-state index is 4.38. The second kappa shape index (κ2) is 4.20. The first-order valence-electron chi connectivity index (χ1n) is 5.45. The minimum Gasteiger partial charge on any atom is -0.256 e. The van der Waals surface area contributed by atoms with Gasteiger partial charge in [0.1, 0.15) is 5.70 Å². The van der Waals surface area contributed by atoms with Crippen LogP contribution in [0.25, 0.3) is 10.9 Å². The molecular weight excluding hydrogens is 208 g/mol. The molecule has 0 bridgehead atoms. The zero-order valence-electron chi connectivity index (χ0n) is 9.17. The average molecular weight is 218 g/mol. The Kier molecular flexibility index (Phi) is 2.41. The van der Waals surface area contributed by atoms with Crippen molar-refractivity contribution in [2.24, 2.45) is 4.99 Å². The molecule has 0 radical (unpaired) electrons. The number of benzene rings is 1. The minimum absolute atomic E-state index is 0.845. The lowest BCUT2D eigenvalue weighted by atomic mass is 10.1. The van der Waals surface area contributed by atoms with Crippen LogP contribution in [0.2, 0.25) is 0 Å². The average Bonchev–Trinajstić information content (AvgIpc) is 2.89. The summed E-state index contributed by atoms with van der Waals surface area (Å²) in [5, 5.41) is 1.13. The molecule has 0 N–H and O–H groups in total. The molecule has 3 rings (SSSR count). The van der Waals surface area contributed by atoms with Gasteiger partial charge in [-0.1, -0.05) is 36.1 Å². The zero-order valence-corrected chi connectivity index (χ0v) is 9.17. The summed E-state index contributed by atoms with van der Waals surface area (Å²) in [5.41, 5.74) is 5.89. The van der Waals surface area contributed by atoms with Gasteiger partial charge in [0, 0.05) is 23.4 Å². The SMILES string of the molecule is C1=CC=CC=1N=Cc1cccc2cccnc12. The van der Waals surface area contributed by atoms with Gasteiger partial charge in [-0.25, -0.2) is 4.99 Å². The summed E-state index contributed by atoms with van der Waals surface area (Å²) in [6, 6.07) is 10.1. The Labute approximate surface area is 99.3 Å². The van der Waals surface area contributed by atoms with E-state index in [1.807, 2.05) is 54.8 Å². The number of nitrogens with zero attached hydrogens (tertiary/aromatic N) is 2. The number of hydrogen-bond donors (Lipinski definition) is 0. The molecule has 0 amide bonds. The Morgan fingerprint density at radius 1 is 1.18 bits per heavy atom. The van der Waals surface area contributed by atoms with E-state index in [1.54, 1.807) is 6.20 Å². The molecule has 2 nitrogen and oxygen atoms in total. The third kappa shape index (κ3) is 1.94. The van der Waals surface area contributed by atoms with E-state index in [0.29, 0.717) is 0 Å². The largest absolute Gasteiger partial charge is 0.256 e. The van der Waals surface area contributed by atoms with Crippen LogP contribution in [0.5, 0.6) is 0 Å². The van der Waals surface area contributed by atoms with Crippen molar-refractivity contribution in [2.75, 3.05) is 0 Å². The number of para-hydroxylation sites is 1. The van der Waals surface area contributed by atoms with E-state index in [0.717, 1.165) is 22.2 Å². The van der Waals surface area contributed by atoms with Gasteiger partial charge in [0.05, 0.1) is 5.52 Å². The lowest BCUT2D eigenvalue weighted by Crippen LogP contribution is -1.87. The van der Waals surface area contributed by atoms with E-state index in [1.165, 1.54) is 0 Å². The predicted molar refractivity (Wildman–Crippen MR) is 70.1 cm³/mol. The number of fused-ring (bicyclic) bond motifs is 1. The smallest absolute Gasteiger partial charge is 0.105 e. The molecular formula is C15H10N2. The molecule has 0 spiro atoms. The maximum Gasteiger partial charge on any atom is 0.105 e. The third-order valence-corrected chi connectivity index (χ3v) is 2.59. The summed E-state index contributed by atoms with van der Waals surface area (Å²) in [4.78, 5) is 8.75. The first-order chi connectivity index (χ1) is 8.43. The van der Waals surface area contributed by atoms with Crippen molar-refractivity contribution in [3.63, 3.8) is 0 Å². The Balaban J connectivity index is 2.06. The number of pyridine rings is 1. The third-order valence-electron chi connectivity index (χ3n) is 2.59. The van der Waals surface area contributed by atoms with Gasteiger partial charge in [0.15, 0.2) is 0 Å². The highest BCUT2D eigenvalue weighted by atomic mass is 14.7. The van der Waals surface area contributed by atoms with E-state index in [2.05, 4.69) is 15.7 Å². The molecule has 2 aromatic rings. The van der Waals surface area contributed by atoms with Gasteiger partial charge in [-0.05, 0) is 18.2 Å². The van der Waals surface area contributed by atoms with Crippen molar-refractivity contribution in [2.45, 2.75) is 0 Å². The van der Waals surface area contributed by atoms with Crippen LogP contribution in [0.3, 0.4) is 0 Å². The van der Waals surface area contributed by atoms with Crippen molar-refractivity contribution in [3.8, 4) is 0 Å². The molecule has 0 atom stereocenters. The molecule has 0 aliphatic heterocycles. The van der Waals surface area contributed by atoms with Crippen molar-refractivity contribution in [1.82, 2.24) is 4.98 Å². The van der Waals surface area contributed by atoms with E-state index >= 15 is 0 Å². The van der Waals surface area contributed by atoms with Gasteiger partial charge in [-0.2, -0.15) is 0 Å². The van der Waals surface area contributed by atoms with Crippen LogP contribution in [-0.2, 0) is 0 Å². The Morgan fingerprint density at radius 3 is 3.00 bits per heavy atom. The fraction of sp³-hybridized carbons (Fsp3) is 0. The maximum atomic E-state index is 4.38. The van der Waals surface area contributed by atoms with Crippen LogP contribution in [0.4, 0.5) is 0 Å². The molecule has 0 unspecified atom stereocenters. The summed E-state index contributed by atoms with van der Waals surface area (Å²) >= 11 is 0. The van der Waals surface area contributed by atoms with Gasteiger partial charge < -0.3 is 0 Å². The van der Waals surface area contributed by atoms with Crippen LogP contribution in [-0.4, -0.2) is 11.2 Å². The monoisotopic (exact) mass is 218 g/mol. The predicted octanol–water partition coefficient (Wildman–Crippen LogP) is 3.26. The quantitative estimate of drug-likeness (QED) is 0.561. The lowest BCUT2D eigenvalue weighted by molar-refractivity contribution is 1.40. The molecule has 0 fully saturated rings. The van der Waals surface area contributed by atoms with Gasteiger partial charge in [0.2, 0.25) is 0 Å². The van der Waals surface area contributed by atoms with Gasteiger partial charge >= 0.3 is 0 Å². The molecule has 1 aliphatic rings. The Bertz CT molecular complexity index is 682. The number of rotatable bonds is 2. The molecule has 80 valence electrons. The fourth-order valence-corrected chi connectivity index (χ4v) is 1.77. The van der Waals surface area contributed by atoms with Crippen LogP contribution in [0.1, 0.15) is 5.56 Å².